The standard InChI is InChI=1S/C29H25NO6/c1-3-35-29(34)21-8-5-9-22(16-21)30-25(19-7-4-6-17(2)14-19)24(27(32)28(30)33)26(31)20-10-11-23-18(15-20)12-13-36-23/h4-11,14-16,25,31H,3,12-13H2,1-2H3/b26-24-. The zero-order chi connectivity index (χ0) is 25.4. The van der Waals surface area contributed by atoms with Crippen LogP contribution in [0.15, 0.2) is 72.3 Å². The molecule has 0 spiro atoms. The molecule has 1 atom stereocenters. The molecule has 2 heterocycles. The van der Waals surface area contributed by atoms with Gasteiger partial charge in [0.25, 0.3) is 11.7 Å². The van der Waals surface area contributed by atoms with Crippen molar-refractivity contribution in [2.75, 3.05) is 18.1 Å². The third kappa shape index (κ3) is 4.02. The molecule has 0 radical (unpaired) electrons. The zero-order valence-electron chi connectivity index (χ0n) is 20.0. The predicted octanol–water partition coefficient (Wildman–Crippen LogP) is 4.73. The van der Waals surface area contributed by atoms with Crippen molar-refractivity contribution in [2.45, 2.75) is 26.3 Å². The Morgan fingerprint density at radius 1 is 1.06 bits per heavy atom. The van der Waals surface area contributed by atoms with Crippen LogP contribution in [0.2, 0.25) is 0 Å². The minimum atomic E-state index is -0.883. The molecule has 0 bridgehead atoms. The van der Waals surface area contributed by atoms with Crippen LogP contribution in [0, 0.1) is 6.92 Å². The van der Waals surface area contributed by atoms with Crippen molar-refractivity contribution in [3.05, 3.63) is 100 Å². The van der Waals surface area contributed by atoms with E-state index in [1.165, 1.54) is 11.0 Å². The van der Waals surface area contributed by atoms with Crippen molar-refractivity contribution in [2.24, 2.45) is 0 Å². The van der Waals surface area contributed by atoms with Crippen LogP contribution in [0.1, 0.15) is 45.6 Å². The van der Waals surface area contributed by atoms with Gasteiger partial charge in [0.05, 0.1) is 30.4 Å². The Labute approximate surface area is 208 Å². The lowest BCUT2D eigenvalue weighted by Gasteiger charge is -2.26. The molecular weight excluding hydrogens is 458 g/mol. The van der Waals surface area contributed by atoms with E-state index in [4.69, 9.17) is 9.47 Å². The number of Topliss-reactive ketones (excluding diaryl/α,β-unsaturated/α-hetero) is 1. The highest BCUT2D eigenvalue weighted by Gasteiger charge is 2.47. The summed E-state index contributed by atoms with van der Waals surface area (Å²) in [6, 6.07) is 18.2. The van der Waals surface area contributed by atoms with Crippen LogP contribution in [0.5, 0.6) is 5.75 Å². The molecule has 0 aliphatic carbocycles. The van der Waals surface area contributed by atoms with E-state index in [-0.39, 0.29) is 23.5 Å². The Morgan fingerprint density at radius 2 is 1.86 bits per heavy atom. The molecule has 2 aliphatic heterocycles. The predicted molar refractivity (Wildman–Crippen MR) is 134 cm³/mol. The van der Waals surface area contributed by atoms with Crippen LogP contribution < -0.4 is 9.64 Å². The smallest absolute Gasteiger partial charge is 0.338 e. The van der Waals surface area contributed by atoms with E-state index in [1.807, 2.05) is 31.2 Å². The van der Waals surface area contributed by atoms with E-state index in [9.17, 15) is 19.5 Å². The summed E-state index contributed by atoms with van der Waals surface area (Å²) in [6.45, 7) is 4.40. The molecule has 1 fully saturated rings. The Balaban J connectivity index is 1.68. The maximum atomic E-state index is 13.4. The van der Waals surface area contributed by atoms with Gasteiger partial charge in [-0.25, -0.2) is 4.79 Å². The maximum Gasteiger partial charge on any atom is 0.338 e. The number of carbonyl (C=O) groups excluding carboxylic acids is 3. The summed E-state index contributed by atoms with van der Waals surface area (Å²) < 4.78 is 10.7. The first-order valence-electron chi connectivity index (χ1n) is 11.8. The summed E-state index contributed by atoms with van der Waals surface area (Å²) in [5, 5.41) is 11.4. The zero-order valence-corrected chi connectivity index (χ0v) is 20.0. The average molecular weight is 484 g/mol. The second kappa shape index (κ2) is 9.34. The van der Waals surface area contributed by atoms with Gasteiger partial charge in [-0.3, -0.25) is 14.5 Å². The lowest BCUT2D eigenvalue weighted by molar-refractivity contribution is -0.132. The molecule has 1 N–H and O–H groups in total. The number of amides is 1. The van der Waals surface area contributed by atoms with Gasteiger partial charge in [-0.2, -0.15) is 0 Å². The lowest BCUT2D eigenvalue weighted by atomic mass is 9.93. The molecular formula is C29H25NO6. The molecule has 3 aromatic rings. The third-order valence-corrected chi connectivity index (χ3v) is 6.40. The van der Waals surface area contributed by atoms with Crippen LogP contribution in [0.3, 0.4) is 0 Å². The van der Waals surface area contributed by atoms with Crippen LogP contribution in [0.25, 0.3) is 5.76 Å². The normalized spacial score (nSPS) is 18.2. The van der Waals surface area contributed by atoms with Crippen molar-refractivity contribution in [3.63, 3.8) is 0 Å². The first-order chi connectivity index (χ1) is 17.4. The molecule has 0 saturated carbocycles. The molecule has 3 aromatic carbocycles. The van der Waals surface area contributed by atoms with Crippen molar-refractivity contribution in [1.29, 1.82) is 0 Å². The van der Waals surface area contributed by atoms with Crippen LogP contribution in [-0.2, 0) is 20.7 Å². The number of benzene rings is 3. The fraction of sp³-hybridized carbons (Fsp3) is 0.207. The van der Waals surface area contributed by atoms with E-state index in [0.29, 0.717) is 29.8 Å². The Kier molecular flexibility index (Phi) is 6.06. The number of nitrogens with zero attached hydrogens (tertiary/aromatic N) is 1. The van der Waals surface area contributed by atoms with E-state index in [2.05, 4.69) is 0 Å². The highest BCUT2D eigenvalue weighted by molar-refractivity contribution is 6.51. The van der Waals surface area contributed by atoms with Gasteiger partial charge in [0, 0.05) is 17.7 Å². The van der Waals surface area contributed by atoms with Gasteiger partial charge in [0.2, 0.25) is 0 Å². The van der Waals surface area contributed by atoms with E-state index < -0.39 is 23.7 Å². The number of hydrogen-bond acceptors (Lipinski definition) is 6. The van der Waals surface area contributed by atoms with Gasteiger partial charge in [-0.1, -0.05) is 35.9 Å². The molecule has 182 valence electrons. The number of aryl methyl sites for hydroxylation is 1. The molecule has 1 saturated heterocycles. The number of carbonyl (C=O) groups is 3. The molecule has 7 heteroatoms. The first-order valence-corrected chi connectivity index (χ1v) is 11.8. The second-order valence-corrected chi connectivity index (χ2v) is 8.77. The first kappa shape index (κ1) is 23.4. The Hall–Kier alpha value is -4.39. The van der Waals surface area contributed by atoms with Crippen LogP contribution >= 0.6 is 0 Å². The molecule has 1 unspecified atom stereocenters. The molecule has 36 heavy (non-hydrogen) atoms. The third-order valence-electron chi connectivity index (χ3n) is 6.40. The topological polar surface area (TPSA) is 93.1 Å². The van der Waals surface area contributed by atoms with Gasteiger partial charge in [0.15, 0.2) is 0 Å². The maximum absolute atomic E-state index is 13.4. The molecule has 7 nitrogen and oxygen atoms in total. The highest BCUT2D eigenvalue weighted by Crippen LogP contribution is 2.43. The number of aliphatic hydroxyl groups is 1. The Morgan fingerprint density at radius 3 is 2.64 bits per heavy atom. The van der Waals surface area contributed by atoms with Crippen LogP contribution in [0.4, 0.5) is 5.69 Å². The number of ether oxygens (including phenoxy) is 2. The highest BCUT2D eigenvalue weighted by atomic mass is 16.5. The lowest BCUT2D eigenvalue weighted by Crippen LogP contribution is -2.29. The van der Waals surface area contributed by atoms with Gasteiger partial charge in [0.1, 0.15) is 11.5 Å². The summed E-state index contributed by atoms with van der Waals surface area (Å²) in [5.41, 5.74) is 3.59. The van der Waals surface area contributed by atoms with E-state index >= 15 is 0 Å². The summed E-state index contributed by atoms with van der Waals surface area (Å²) >= 11 is 0. The summed E-state index contributed by atoms with van der Waals surface area (Å²) in [5.74, 6) is -1.61. The molecule has 0 aromatic heterocycles. The summed E-state index contributed by atoms with van der Waals surface area (Å²) in [4.78, 5) is 40.5. The summed E-state index contributed by atoms with van der Waals surface area (Å²) in [7, 11) is 0. The minimum absolute atomic E-state index is 0.00833. The second-order valence-electron chi connectivity index (χ2n) is 8.77. The van der Waals surface area contributed by atoms with Crippen LogP contribution in [-0.4, -0.2) is 36.0 Å². The fourth-order valence-electron chi connectivity index (χ4n) is 4.74. The Bertz CT molecular complexity index is 1420. The van der Waals surface area contributed by atoms with E-state index in [1.54, 1.807) is 43.3 Å². The van der Waals surface area contributed by atoms with Crippen molar-refractivity contribution in [1.82, 2.24) is 0 Å². The molecule has 1 amide bonds. The van der Waals surface area contributed by atoms with Gasteiger partial charge < -0.3 is 14.6 Å². The van der Waals surface area contributed by atoms with Gasteiger partial charge >= 0.3 is 5.97 Å². The number of fused-ring (bicyclic) bond motifs is 1. The quantitative estimate of drug-likeness (QED) is 0.244. The fourth-order valence-corrected chi connectivity index (χ4v) is 4.74. The molecule has 5 rings (SSSR count). The monoisotopic (exact) mass is 483 g/mol. The van der Waals surface area contributed by atoms with Crippen molar-refractivity contribution < 1.29 is 29.0 Å². The number of aliphatic hydroxyl groups excluding tert-OH is 1. The number of anilines is 1. The van der Waals surface area contributed by atoms with Crippen molar-refractivity contribution >= 4 is 29.1 Å². The number of esters is 1. The van der Waals surface area contributed by atoms with Gasteiger partial charge in [-0.15, -0.1) is 0 Å². The summed E-state index contributed by atoms with van der Waals surface area (Å²) in [6.07, 6.45) is 0.701. The SMILES string of the molecule is CCOC(=O)c1cccc(N2C(=O)C(=O)/C(=C(\O)c3ccc4c(c3)CCO4)C2c2cccc(C)c2)c1. The minimum Gasteiger partial charge on any atom is -0.507 e. The van der Waals surface area contributed by atoms with Crippen molar-refractivity contribution in [3.8, 4) is 5.75 Å². The molecule has 2 aliphatic rings. The number of rotatable bonds is 5. The largest absolute Gasteiger partial charge is 0.507 e. The van der Waals surface area contributed by atoms with Gasteiger partial charge in [-0.05, 0) is 61.4 Å². The van der Waals surface area contributed by atoms with E-state index in [0.717, 1.165) is 16.9 Å². The average Bonchev–Trinajstić information content (AvgIpc) is 3.45. The number of ketones is 1. The number of hydrogen-bond donors (Lipinski definition) is 1.